The Balaban J connectivity index is 2.43. The molecule has 1 saturated heterocycles. The highest BCUT2D eigenvalue weighted by Crippen LogP contribution is 2.05. The number of hydrogen-bond acceptors (Lipinski definition) is 12. The minimum absolute atomic E-state index is 0.265. The van der Waals surface area contributed by atoms with Gasteiger partial charge in [-0.3, -0.25) is 29.0 Å². The molecule has 0 aliphatic carbocycles. The van der Waals surface area contributed by atoms with Crippen molar-refractivity contribution in [3.05, 3.63) is 0 Å². The van der Waals surface area contributed by atoms with Crippen molar-refractivity contribution >= 4 is 23.9 Å². The van der Waals surface area contributed by atoms with E-state index in [2.05, 4.69) is 19.6 Å². The number of ether oxygens (including phenoxy) is 4. The van der Waals surface area contributed by atoms with Crippen LogP contribution in [0.25, 0.3) is 0 Å². The van der Waals surface area contributed by atoms with Crippen LogP contribution in [0.4, 0.5) is 0 Å². The van der Waals surface area contributed by atoms with Crippen molar-refractivity contribution in [3.8, 4) is 0 Å². The number of piperazine rings is 1. The summed E-state index contributed by atoms with van der Waals surface area (Å²) >= 11 is 0. The molecule has 0 radical (unpaired) electrons. The second-order valence-corrected chi connectivity index (χ2v) is 8.67. The van der Waals surface area contributed by atoms with Gasteiger partial charge in [-0.15, -0.1) is 0 Å². The maximum Gasteiger partial charge on any atom is 0.306 e. The van der Waals surface area contributed by atoms with Crippen LogP contribution < -0.4 is 0 Å². The largest absolute Gasteiger partial charge is 0.469 e. The smallest absolute Gasteiger partial charge is 0.306 e. The molecule has 36 heavy (non-hydrogen) atoms. The minimum Gasteiger partial charge on any atom is -0.469 e. The SMILES string of the molecule is COC(=O)CCN(CCC(=O)OC)CCN1CCN(CCN(CCC(=O)OC)CCC(=O)OC)CC1. The fourth-order valence-electron chi connectivity index (χ4n) is 3.88. The predicted molar refractivity (Wildman–Crippen MR) is 132 cm³/mol. The van der Waals surface area contributed by atoms with Crippen LogP contribution in [0.5, 0.6) is 0 Å². The van der Waals surface area contributed by atoms with Gasteiger partial charge in [0.15, 0.2) is 0 Å². The van der Waals surface area contributed by atoms with E-state index in [1.165, 1.54) is 28.4 Å². The molecule has 0 bridgehead atoms. The van der Waals surface area contributed by atoms with Crippen molar-refractivity contribution in [2.24, 2.45) is 0 Å². The predicted octanol–water partition coefficient (Wildman–Crippen LogP) is -0.540. The van der Waals surface area contributed by atoms with Crippen LogP contribution in [0.1, 0.15) is 25.7 Å². The lowest BCUT2D eigenvalue weighted by molar-refractivity contribution is -0.142. The number of methoxy groups -OCH3 is 4. The summed E-state index contributed by atoms with van der Waals surface area (Å²) in [6.07, 6.45) is 1.14. The zero-order valence-corrected chi connectivity index (χ0v) is 22.4. The summed E-state index contributed by atoms with van der Waals surface area (Å²) in [6.45, 7) is 9.05. The molecule has 12 heteroatoms. The van der Waals surface area contributed by atoms with E-state index in [-0.39, 0.29) is 49.6 Å². The van der Waals surface area contributed by atoms with Crippen LogP contribution in [0.15, 0.2) is 0 Å². The number of hydrogen-bond donors (Lipinski definition) is 0. The molecule has 1 heterocycles. The highest BCUT2D eigenvalue weighted by molar-refractivity contribution is 5.70. The van der Waals surface area contributed by atoms with Gasteiger partial charge < -0.3 is 28.7 Å². The molecule has 1 aliphatic rings. The van der Waals surface area contributed by atoms with Crippen LogP contribution in [0.3, 0.4) is 0 Å². The normalized spacial score (nSPS) is 14.6. The number of nitrogens with zero attached hydrogens (tertiary/aromatic N) is 4. The van der Waals surface area contributed by atoms with Gasteiger partial charge in [0.1, 0.15) is 0 Å². The van der Waals surface area contributed by atoms with Gasteiger partial charge in [-0.2, -0.15) is 0 Å². The Hall–Kier alpha value is -2.28. The summed E-state index contributed by atoms with van der Waals surface area (Å²) < 4.78 is 18.9. The van der Waals surface area contributed by atoms with Gasteiger partial charge >= 0.3 is 23.9 Å². The minimum atomic E-state index is -0.265. The zero-order chi connectivity index (χ0) is 26.8. The van der Waals surface area contributed by atoms with Crippen molar-refractivity contribution in [2.75, 3.05) is 107 Å². The maximum absolute atomic E-state index is 11.5. The Morgan fingerprint density at radius 1 is 0.500 bits per heavy atom. The van der Waals surface area contributed by atoms with Crippen LogP contribution in [0.2, 0.25) is 0 Å². The molecule has 0 atom stereocenters. The van der Waals surface area contributed by atoms with Gasteiger partial charge in [0.2, 0.25) is 0 Å². The van der Waals surface area contributed by atoms with E-state index in [1.807, 2.05) is 0 Å². The summed E-state index contributed by atoms with van der Waals surface area (Å²) in [7, 11) is 5.49. The number of esters is 4. The average Bonchev–Trinajstić information content (AvgIpc) is 2.91. The monoisotopic (exact) mass is 516 g/mol. The quantitative estimate of drug-likeness (QED) is 0.172. The fraction of sp³-hybridized carbons (Fsp3) is 0.833. The molecule has 1 rings (SSSR count). The highest BCUT2D eigenvalue weighted by Gasteiger charge is 2.20. The number of rotatable bonds is 18. The van der Waals surface area contributed by atoms with Gasteiger partial charge in [0.05, 0.1) is 54.1 Å². The van der Waals surface area contributed by atoms with Crippen molar-refractivity contribution in [1.29, 1.82) is 0 Å². The van der Waals surface area contributed by atoms with Crippen molar-refractivity contribution < 1.29 is 38.1 Å². The first-order valence-electron chi connectivity index (χ1n) is 12.5. The third-order valence-corrected chi connectivity index (χ3v) is 6.37. The summed E-state index contributed by atoms with van der Waals surface area (Å²) in [5.74, 6) is -1.06. The van der Waals surface area contributed by atoms with Gasteiger partial charge in [-0.05, 0) is 0 Å². The van der Waals surface area contributed by atoms with Crippen LogP contribution in [0, 0.1) is 0 Å². The van der Waals surface area contributed by atoms with E-state index in [0.29, 0.717) is 26.2 Å². The molecule has 0 aromatic rings. The molecule has 0 aromatic heterocycles. The molecule has 208 valence electrons. The van der Waals surface area contributed by atoms with Gasteiger partial charge in [0.25, 0.3) is 0 Å². The number of carbonyl (C=O) groups is 4. The summed E-state index contributed by atoms with van der Waals surface area (Å²) in [5, 5.41) is 0. The maximum atomic E-state index is 11.5. The first-order chi connectivity index (χ1) is 17.3. The van der Waals surface area contributed by atoms with E-state index < -0.39 is 0 Å². The average molecular weight is 517 g/mol. The Morgan fingerprint density at radius 2 is 0.750 bits per heavy atom. The third kappa shape index (κ3) is 14.3. The second kappa shape index (κ2) is 18.9. The molecule has 0 N–H and O–H groups in total. The van der Waals surface area contributed by atoms with Gasteiger partial charge in [-0.1, -0.05) is 0 Å². The van der Waals surface area contributed by atoms with E-state index in [9.17, 15) is 19.2 Å². The summed E-state index contributed by atoms with van der Waals surface area (Å²) in [4.78, 5) is 55.1. The second-order valence-electron chi connectivity index (χ2n) is 8.67. The fourth-order valence-corrected chi connectivity index (χ4v) is 3.88. The van der Waals surface area contributed by atoms with Crippen molar-refractivity contribution in [3.63, 3.8) is 0 Å². The lowest BCUT2D eigenvalue weighted by Crippen LogP contribution is -2.50. The molecular formula is C24H44N4O8. The van der Waals surface area contributed by atoms with Crippen LogP contribution in [-0.4, -0.2) is 150 Å². The lowest BCUT2D eigenvalue weighted by atomic mass is 10.2. The molecule has 1 fully saturated rings. The topological polar surface area (TPSA) is 118 Å². The lowest BCUT2D eigenvalue weighted by Gasteiger charge is -2.36. The summed E-state index contributed by atoms with van der Waals surface area (Å²) in [6, 6.07) is 0. The Bertz CT molecular complexity index is 575. The van der Waals surface area contributed by atoms with E-state index >= 15 is 0 Å². The standard InChI is InChI=1S/C24H44N4O8/c1-33-21(29)5-9-25(10-6-22(30)34-2)13-15-27-17-19-28(20-18-27)16-14-26(11-7-23(31)35-3)12-8-24(32)36-4/h5-20H2,1-4H3. The van der Waals surface area contributed by atoms with Gasteiger partial charge in [0, 0.05) is 78.5 Å². The highest BCUT2D eigenvalue weighted by atomic mass is 16.5. The molecular weight excluding hydrogens is 472 g/mol. The van der Waals surface area contributed by atoms with Crippen molar-refractivity contribution in [2.45, 2.75) is 25.7 Å². The molecule has 0 aromatic carbocycles. The van der Waals surface area contributed by atoms with Crippen molar-refractivity contribution in [1.82, 2.24) is 19.6 Å². The van der Waals surface area contributed by atoms with Crippen LogP contribution >= 0.6 is 0 Å². The molecule has 1 aliphatic heterocycles. The van der Waals surface area contributed by atoms with E-state index in [1.54, 1.807) is 0 Å². The van der Waals surface area contributed by atoms with E-state index in [0.717, 1.165) is 52.4 Å². The molecule has 0 saturated carbocycles. The molecule has 0 spiro atoms. The molecule has 0 unspecified atom stereocenters. The van der Waals surface area contributed by atoms with Gasteiger partial charge in [-0.25, -0.2) is 0 Å². The first kappa shape index (κ1) is 31.7. The zero-order valence-electron chi connectivity index (χ0n) is 22.4. The summed E-state index contributed by atoms with van der Waals surface area (Å²) in [5.41, 5.74) is 0. The molecule has 12 nitrogen and oxygen atoms in total. The van der Waals surface area contributed by atoms with Crippen LogP contribution in [-0.2, 0) is 38.1 Å². The Kier molecular flexibility index (Phi) is 16.7. The third-order valence-electron chi connectivity index (χ3n) is 6.37. The Labute approximate surface area is 214 Å². The van der Waals surface area contributed by atoms with E-state index in [4.69, 9.17) is 18.9 Å². The first-order valence-corrected chi connectivity index (χ1v) is 12.5. The molecule has 0 amide bonds. The number of carbonyl (C=O) groups excluding carboxylic acids is 4. The Morgan fingerprint density at radius 3 is 0.972 bits per heavy atom.